The second kappa shape index (κ2) is 8.26. The molecule has 0 spiro atoms. The van der Waals surface area contributed by atoms with E-state index in [9.17, 15) is 4.79 Å². The maximum atomic E-state index is 11.0. The first-order valence-corrected chi connectivity index (χ1v) is 8.19. The molecule has 25 heavy (non-hydrogen) atoms. The van der Waals surface area contributed by atoms with Crippen molar-refractivity contribution >= 4 is 6.29 Å². The second-order valence-corrected chi connectivity index (χ2v) is 5.91. The number of pyridine rings is 3. The van der Waals surface area contributed by atoms with Crippen LogP contribution in [0.2, 0.25) is 0 Å². The quantitative estimate of drug-likeness (QED) is 0.622. The van der Waals surface area contributed by atoms with Gasteiger partial charge in [0.2, 0.25) is 0 Å². The largest absolute Gasteiger partial charge is 0.296 e. The Bertz CT molecular complexity index is 836. The van der Waals surface area contributed by atoms with E-state index in [-0.39, 0.29) is 0 Å². The van der Waals surface area contributed by atoms with Gasteiger partial charge in [-0.15, -0.1) is 0 Å². The molecule has 5 heteroatoms. The van der Waals surface area contributed by atoms with Gasteiger partial charge in [0.05, 0.1) is 17.1 Å². The SMILES string of the molecule is Cc1cccc(CN(Cc2ccccn2)Cc2cccc(C=O)n2)n1. The normalized spacial score (nSPS) is 10.8. The van der Waals surface area contributed by atoms with E-state index in [2.05, 4.69) is 19.9 Å². The van der Waals surface area contributed by atoms with E-state index >= 15 is 0 Å². The summed E-state index contributed by atoms with van der Waals surface area (Å²) in [5.41, 5.74) is 4.29. The van der Waals surface area contributed by atoms with Gasteiger partial charge in [-0.2, -0.15) is 0 Å². The lowest BCUT2D eigenvalue weighted by atomic mass is 10.2. The van der Waals surface area contributed by atoms with Gasteiger partial charge in [0, 0.05) is 31.5 Å². The molecule has 126 valence electrons. The lowest BCUT2D eigenvalue weighted by Crippen LogP contribution is -2.24. The lowest BCUT2D eigenvalue weighted by Gasteiger charge is -2.21. The zero-order valence-electron chi connectivity index (χ0n) is 14.2. The van der Waals surface area contributed by atoms with Crippen LogP contribution in [-0.4, -0.2) is 26.1 Å². The first-order valence-electron chi connectivity index (χ1n) is 8.19. The number of carbonyl (C=O) groups is 1. The second-order valence-electron chi connectivity index (χ2n) is 5.91. The van der Waals surface area contributed by atoms with Gasteiger partial charge in [0.15, 0.2) is 6.29 Å². The fraction of sp³-hybridized carbons (Fsp3) is 0.200. The van der Waals surface area contributed by atoms with Crippen LogP contribution < -0.4 is 0 Å². The van der Waals surface area contributed by atoms with E-state index in [0.717, 1.165) is 29.1 Å². The summed E-state index contributed by atoms with van der Waals surface area (Å²) in [5, 5.41) is 0. The van der Waals surface area contributed by atoms with Gasteiger partial charge in [0.1, 0.15) is 5.69 Å². The summed E-state index contributed by atoms with van der Waals surface area (Å²) in [6.07, 6.45) is 2.57. The summed E-state index contributed by atoms with van der Waals surface area (Å²) >= 11 is 0. The number of carbonyl (C=O) groups excluding carboxylic acids is 1. The van der Waals surface area contributed by atoms with Crippen molar-refractivity contribution < 1.29 is 4.79 Å². The summed E-state index contributed by atoms with van der Waals surface area (Å²) in [6.45, 7) is 3.98. The Hall–Kier alpha value is -2.92. The highest BCUT2D eigenvalue weighted by Crippen LogP contribution is 2.12. The number of hydrogen-bond acceptors (Lipinski definition) is 5. The molecule has 0 bridgehead atoms. The molecule has 3 heterocycles. The molecule has 0 atom stereocenters. The number of rotatable bonds is 7. The van der Waals surface area contributed by atoms with E-state index in [1.165, 1.54) is 0 Å². The van der Waals surface area contributed by atoms with Gasteiger partial charge in [-0.3, -0.25) is 19.7 Å². The molecule has 0 unspecified atom stereocenters. The number of aromatic nitrogens is 3. The zero-order valence-corrected chi connectivity index (χ0v) is 14.2. The van der Waals surface area contributed by atoms with E-state index in [1.807, 2.05) is 55.5 Å². The van der Waals surface area contributed by atoms with Gasteiger partial charge in [-0.25, -0.2) is 4.98 Å². The average Bonchev–Trinajstić information content (AvgIpc) is 2.63. The topological polar surface area (TPSA) is 59.0 Å². The molecule has 3 aromatic rings. The highest BCUT2D eigenvalue weighted by Gasteiger charge is 2.11. The van der Waals surface area contributed by atoms with Crippen molar-refractivity contribution in [1.29, 1.82) is 0 Å². The minimum atomic E-state index is 0.448. The van der Waals surface area contributed by atoms with E-state index < -0.39 is 0 Å². The first-order chi connectivity index (χ1) is 12.2. The predicted octanol–water partition coefficient (Wildman–Crippen LogP) is 3.19. The van der Waals surface area contributed by atoms with Gasteiger partial charge >= 0.3 is 0 Å². The molecule has 0 aliphatic carbocycles. The van der Waals surface area contributed by atoms with Gasteiger partial charge in [0.25, 0.3) is 0 Å². The maximum absolute atomic E-state index is 11.0. The molecule has 0 N–H and O–H groups in total. The lowest BCUT2D eigenvalue weighted by molar-refractivity contribution is 0.111. The van der Waals surface area contributed by atoms with E-state index in [0.29, 0.717) is 25.3 Å². The van der Waals surface area contributed by atoms with Crippen molar-refractivity contribution in [2.45, 2.75) is 26.6 Å². The minimum Gasteiger partial charge on any atom is -0.296 e. The van der Waals surface area contributed by atoms with Crippen molar-refractivity contribution in [3.63, 3.8) is 0 Å². The monoisotopic (exact) mass is 332 g/mol. The van der Waals surface area contributed by atoms with Gasteiger partial charge < -0.3 is 0 Å². The Kier molecular flexibility index (Phi) is 5.59. The molecule has 0 aromatic carbocycles. The Morgan fingerprint density at radius 2 is 1.52 bits per heavy atom. The van der Waals surface area contributed by atoms with Crippen LogP contribution in [0, 0.1) is 6.92 Å². The third-order valence-electron chi connectivity index (χ3n) is 3.78. The molecule has 0 radical (unpaired) electrons. The van der Waals surface area contributed by atoms with Crippen LogP contribution >= 0.6 is 0 Å². The Morgan fingerprint density at radius 3 is 2.20 bits per heavy atom. The standard InChI is InChI=1S/C20H20N4O/c1-16-6-4-8-18(22-16)13-24(12-17-7-2-3-11-21-17)14-19-9-5-10-20(15-25)23-19/h2-11,15H,12-14H2,1H3. The summed E-state index contributed by atoms with van der Waals surface area (Å²) in [4.78, 5) is 26.6. The van der Waals surface area contributed by atoms with Crippen molar-refractivity contribution in [3.05, 3.63) is 89.3 Å². The zero-order chi connectivity index (χ0) is 17.5. The summed E-state index contributed by atoms with van der Waals surface area (Å²) < 4.78 is 0. The summed E-state index contributed by atoms with van der Waals surface area (Å²) in [5.74, 6) is 0. The van der Waals surface area contributed by atoms with Crippen LogP contribution in [-0.2, 0) is 19.6 Å². The Morgan fingerprint density at radius 1 is 0.840 bits per heavy atom. The van der Waals surface area contributed by atoms with Crippen molar-refractivity contribution in [3.8, 4) is 0 Å². The predicted molar refractivity (Wildman–Crippen MR) is 95.8 cm³/mol. The third-order valence-corrected chi connectivity index (χ3v) is 3.78. The van der Waals surface area contributed by atoms with Crippen LogP contribution in [0.4, 0.5) is 0 Å². The fourth-order valence-corrected chi connectivity index (χ4v) is 2.69. The number of aldehydes is 1. The number of hydrogen-bond donors (Lipinski definition) is 0. The first kappa shape index (κ1) is 16.9. The van der Waals surface area contributed by atoms with Crippen LogP contribution in [0.5, 0.6) is 0 Å². The molecule has 5 nitrogen and oxygen atoms in total. The number of nitrogens with zero attached hydrogens (tertiary/aromatic N) is 4. The molecular weight excluding hydrogens is 312 g/mol. The van der Waals surface area contributed by atoms with Gasteiger partial charge in [-0.1, -0.05) is 18.2 Å². The molecule has 3 rings (SSSR count). The molecule has 0 saturated carbocycles. The van der Waals surface area contributed by atoms with Gasteiger partial charge in [-0.05, 0) is 43.3 Å². The van der Waals surface area contributed by atoms with E-state index in [4.69, 9.17) is 0 Å². The van der Waals surface area contributed by atoms with Crippen LogP contribution in [0.25, 0.3) is 0 Å². The highest BCUT2D eigenvalue weighted by molar-refractivity contribution is 5.71. The molecule has 0 saturated heterocycles. The molecule has 3 aromatic heterocycles. The Labute approximate surface area is 147 Å². The highest BCUT2D eigenvalue weighted by atomic mass is 16.1. The minimum absolute atomic E-state index is 0.448. The van der Waals surface area contributed by atoms with E-state index in [1.54, 1.807) is 12.3 Å². The van der Waals surface area contributed by atoms with Crippen LogP contribution in [0.1, 0.15) is 33.3 Å². The molecule has 0 amide bonds. The fourth-order valence-electron chi connectivity index (χ4n) is 2.69. The van der Waals surface area contributed by atoms with Crippen molar-refractivity contribution in [2.75, 3.05) is 0 Å². The maximum Gasteiger partial charge on any atom is 0.168 e. The third kappa shape index (κ3) is 5.02. The van der Waals surface area contributed by atoms with Crippen LogP contribution in [0.15, 0.2) is 60.8 Å². The molecular formula is C20H20N4O. The summed E-state index contributed by atoms with van der Waals surface area (Å²) in [6, 6.07) is 17.4. The van der Waals surface area contributed by atoms with Crippen molar-refractivity contribution in [1.82, 2.24) is 19.9 Å². The average molecular weight is 332 g/mol. The molecule has 0 aliphatic heterocycles. The van der Waals surface area contributed by atoms with Crippen LogP contribution in [0.3, 0.4) is 0 Å². The summed E-state index contributed by atoms with van der Waals surface area (Å²) in [7, 11) is 0. The Balaban J connectivity index is 1.81. The molecule has 0 fully saturated rings. The van der Waals surface area contributed by atoms with Crippen molar-refractivity contribution in [2.24, 2.45) is 0 Å². The smallest absolute Gasteiger partial charge is 0.168 e. The number of aryl methyl sites for hydroxylation is 1. The molecule has 0 aliphatic rings.